The van der Waals surface area contributed by atoms with E-state index in [1.54, 1.807) is 20.8 Å². The molecule has 0 saturated carbocycles. The molecule has 0 radical (unpaired) electrons. The second kappa shape index (κ2) is 1.10. The van der Waals surface area contributed by atoms with Gasteiger partial charge in [-0.2, -0.15) is 10.2 Å². The summed E-state index contributed by atoms with van der Waals surface area (Å²) in [4.78, 5) is 0. The summed E-state index contributed by atoms with van der Waals surface area (Å²) in [5.41, 5.74) is -1.29. The fraction of sp³-hybridized carbons (Fsp3) is 1.00. The van der Waals surface area contributed by atoms with Crippen LogP contribution in [0.15, 0.2) is 10.2 Å². The van der Waals surface area contributed by atoms with Gasteiger partial charge in [0.25, 0.3) is 0 Å². The average Bonchev–Trinajstić information content (AvgIpc) is 2.16. The van der Waals surface area contributed by atoms with Crippen molar-refractivity contribution in [1.29, 1.82) is 0 Å². The Hall–Kier alpha value is -0.440. The molecule has 0 bridgehead atoms. The molecule has 0 aliphatic carbocycles. The van der Waals surface area contributed by atoms with Crippen molar-refractivity contribution in [2.24, 2.45) is 10.2 Å². The summed E-state index contributed by atoms with van der Waals surface area (Å²) in [6.45, 7) is 5.20. The molecule has 0 aromatic heterocycles. The van der Waals surface area contributed by atoms with Gasteiger partial charge in [-0.05, 0) is 20.8 Å². The lowest BCUT2D eigenvalue weighted by molar-refractivity contribution is 0.0390. The Morgan fingerprint density at radius 3 is 1.75 bits per heavy atom. The standard InChI is InChI=1S/C5H10N2O/c1-4(2,8)5(3)6-7-5/h8H,1-3H3. The first-order chi connectivity index (χ1) is 3.46. The van der Waals surface area contributed by atoms with Gasteiger partial charge >= 0.3 is 0 Å². The van der Waals surface area contributed by atoms with Crippen molar-refractivity contribution < 1.29 is 5.11 Å². The number of rotatable bonds is 1. The van der Waals surface area contributed by atoms with Crippen molar-refractivity contribution in [2.75, 3.05) is 0 Å². The first kappa shape index (κ1) is 5.69. The molecule has 0 atom stereocenters. The van der Waals surface area contributed by atoms with Crippen molar-refractivity contribution in [3.8, 4) is 0 Å². The van der Waals surface area contributed by atoms with E-state index in [9.17, 15) is 5.11 Å². The molecule has 1 aliphatic heterocycles. The zero-order valence-electron chi connectivity index (χ0n) is 5.34. The molecule has 0 amide bonds. The van der Waals surface area contributed by atoms with E-state index in [2.05, 4.69) is 10.2 Å². The van der Waals surface area contributed by atoms with E-state index in [0.29, 0.717) is 0 Å². The Kier molecular flexibility index (Phi) is 0.785. The average molecular weight is 114 g/mol. The largest absolute Gasteiger partial charge is 0.386 e. The van der Waals surface area contributed by atoms with Gasteiger partial charge in [0.05, 0.1) is 0 Å². The maximum atomic E-state index is 9.23. The van der Waals surface area contributed by atoms with Crippen LogP contribution >= 0.6 is 0 Å². The molecule has 3 heteroatoms. The molecule has 8 heavy (non-hydrogen) atoms. The van der Waals surface area contributed by atoms with Gasteiger partial charge in [0.2, 0.25) is 5.66 Å². The predicted octanol–water partition coefficient (Wildman–Crippen LogP) is 0.939. The smallest absolute Gasteiger partial charge is 0.215 e. The van der Waals surface area contributed by atoms with Crippen molar-refractivity contribution in [3.05, 3.63) is 0 Å². The minimum atomic E-state index is -0.785. The second-order valence-corrected chi connectivity index (χ2v) is 2.78. The highest BCUT2D eigenvalue weighted by Crippen LogP contribution is 2.37. The van der Waals surface area contributed by atoms with E-state index >= 15 is 0 Å². The monoisotopic (exact) mass is 114 g/mol. The molecular formula is C5H10N2O. The number of aliphatic hydroxyl groups is 1. The summed E-state index contributed by atoms with van der Waals surface area (Å²) in [6, 6.07) is 0. The maximum absolute atomic E-state index is 9.23. The zero-order valence-corrected chi connectivity index (χ0v) is 5.34. The fourth-order valence-electron chi connectivity index (χ4n) is 0.320. The summed E-state index contributed by atoms with van der Waals surface area (Å²) in [6.07, 6.45) is 0. The van der Waals surface area contributed by atoms with E-state index in [-0.39, 0.29) is 0 Å². The van der Waals surface area contributed by atoms with Gasteiger partial charge in [-0.1, -0.05) is 0 Å². The molecular weight excluding hydrogens is 104 g/mol. The van der Waals surface area contributed by atoms with E-state index < -0.39 is 11.3 Å². The molecule has 0 fully saturated rings. The topological polar surface area (TPSA) is 45.0 Å². The molecule has 0 aromatic rings. The molecule has 0 aromatic carbocycles. The zero-order chi connectivity index (χ0) is 6.41. The van der Waals surface area contributed by atoms with Crippen LogP contribution in [0.3, 0.4) is 0 Å². The normalized spacial score (nSPS) is 23.5. The van der Waals surface area contributed by atoms with Gasteiger partial charge in [-0.3, -0.25) is 0 Å². The fourth-order valence-corrected chi connectivity index (χ4v) is 0.320. The highest BCUT2D eigenvalue weighted by Gasteiger charge is 2.48. The van der Waals surface area contributed by atoms with Crippen LogP contribution in [0.5, 0.6) is 0 Å². The van der Waals surface area contributed by atoms with Crippen LogP contribution in [0.25, 0.3) is 0 Å². The lowest BCUT2D eigenvalue weighted by Crippen LogP contribution is -2.36. The summed E-state index contributed by atoms with van der Waals surface area (Å²) in [5.74, 6) is 0. The Labute approximate surface area is 48.4 Å². The Bertz CT molecular complexity index is 125. The van der Waals surface area contributed by atoms with Crippen molar-refractivity contribution in [2.45, 2.75) is 32.0 Å². The number of nitrogens with zero attached hydrogens (tertiary/aromatic N) is 2. The molecule has 1 heterocycles. The van der Waals surface area contributed by atoms with Gasteiger partial charge in [0.1, 0.15) is 5.60 Å². The molecule has 1 aliphatic rings. The third kappa shape index (κ3) is 0.629. The summed E-state index contributed by atoms with van der Waals surface area (Å²) >= 11 is 0. The highest BCUT2D eigenvalue weighted by atomic mass is 16.3. The summed E-state index contributed by atoms with van der Waals surface area (Å²) in [5, 5.41) is 16.6. The van der Waals surface area contributed by atoms with Crippen LogP contribution in [-0.4, -0.2) is 16.4 Å². The summed E-state index contributed by atoms with van der Waals surface area (Å²) in [7, 11) is 0. The lowest BCUT2D eigenvalue weighted by Gasteiger charge is -2.19. The van der Waals surface area contributed by atoms with Crippen LogP contribution in [0.4, 0.5) is 0 Å². The Morgan fingerprint density at radius 1 is 1.38 bits per heavy atom. The highest BCUT2D eigenvalue weighted by molar-refractivity contribution is 5.01. The molecule has 0 unspecified atom stereocenters. The summed E-state index contributed by atoms with van der Waals surface area (Å²) < 4.78 is 0. The van der Waals surface area contributed by atoms with Crippen LogP contribution in [0.2, 0.25) is 0 Å². The molecule has 46 valence electrons. The first-order valence-electron chi connectivity index (χ1n) is 2.62. The second-order valence-electron chi connectivity index (χ2n) is 2.78. The lowest BCUT2D eigenvalue weighted by atomic mass is 9.98. The van der Waals surface area contributed by atoms with Gasteiger partial charge in [0.15, 0.2) is 0 Å². The van der Waals surface area contributed by atoms with Crippen LogP contribution in [0, 0.1) is 0 Å². The van der Waals surface area contributed by atoms with Crippen LogP contribution in [0.1, 0.15) is 20.8 Å². The van der Waals surface area contributed by atoms with Crippen LogP contribution < -0.4 is 0 Å². The van der Waals surface area contributed by atoms with Gasteiger partial charge in [0, 0.05) is 0 Å². The van der Waals surface area contributed by atoms with E-state index in [1.807, 2.05) is 0 Å². The van der Waals surface area contributed by atoms with E-state index in [0.717, 1.165) is 0 Å². The van der Waals surface area contributed by atoms with E-state index in [4.69, 9.17) is 0 Å². The van der Waals surface area contributed by atoms with Crippen LogP contribution in [-0.2, 0) is 0 Å². The van der Waals surface area contributed by atoms with Crippen molar-refractivity contribution in [3.63, 3.8) is 0 Å². The minimum absolute atomic E-state index is 0.507. The Morgan fingerprint density at radius 2 is 1.75 bits per heavy atom. The maximum Gasteiger partial charge on any atom is 0.215 e. The molecule has 1 N–H and O–H groups in total. The first-order valence-corrected chi connectivity index (χ1v) is 2.62. The number of hydrogen-bond donors (Lipinski definition) is 1. The number of hydrogen-bond acceptors (Lipinski definition) is 3. The molecule has 0 saturated heterocycles. The quantitative estimate of drug-likeness (QED) is 0.541. The van der Waals surface area contributed by atoms with Gasteiger partial charge in [-0.25, -0.2) is 0 Å². The van der Waals surface area contributed by atoms with E-state index in [1.165, 1.54) is 0 Å². The van der Waals surface area contributed by atoms with Crippen molar-refractivity contribution >= 4 is 0 Å². The molecule has 3 nitrogen and oxygen atoms in total. The van der Waals surface area contributed by atoms with Gasteiger partial charge < -0.3 is 5.11 Å². The predicted molar refractivity (Wildman–Crippen MR) is 29.6 cm³/mol. The SMILES string of the molecule is CC(C)(O)C1(C)N=N1. The third-order valence-electron chi connectivity index (χ3n) is 1.56. The molecule has 0 spiro atoms. The Balaban J connectivity index is 2.61. The minimum Gasteiger partial charge on any atom is -0.386 e. The van der Waals surface area contributed by atoms with Gasteiger partial charge in [-0.15, -0.1) is 0 Å². The third-order valence-corrected chi connectivity index (χ3v) is 1.56. The molecule has 1 rings (SSSR count). The van der Waals surface area contributed by atoms with Crippen molar-refractivity contribution in [1.82, 2.24) is 0 Å².